The van der Waals surface area contributed by atoms with Crippen LogP contribution in [-0.4, -0.2) is 153 Å². The number of rotatable bonds is 8. The van der Waals surface area contributed by atoms with Crippen LogP contribution in [-0.2, 0) is 23.8 Å². The number of nitrogens with one attached hydrogen (secondary N) is 1. The van der Waals surface area contributed by atoms with Gasteiger partial charge in [0.25, 0.3) is 17.2 Å². The summed E-state index contributed by atoms with van der Waals surface area (Å²) in [5, 5.41) is 47.5. The number of anilines is 1. The molecule has 7 heterocycles. The number of Topliss-reactive ketones (excluding diaryl/α,β-unsaturated/α-hetero) is 3. The molecule has 20 nitrogen and oxygen atoms in total. The number of amides is 1. The molecule has 1 saturated carbocycles. The Morgan fingerprint density at radius 1 is 0.864 bits per heavy atom. The van der Waals surface area contributed by atoms with Gasteiger partial charge in [0.05, 0.1) is 58.7 Å². The number of nitrogens with zero attached hydrogens (tertiary/aromatic N) is 4. The highest BCUT2D eigenvalue weighted by atomic mass is 19.1. The van der Waals surface area contributed by atoms with E-state index in [0.717, 1.165) is 29.0 Å². The number of hydrogen-bond acceptors (Lipinski definition) is 17. The number of phenolic OH excluding ortho intramolecular Hbond substituents is 1. The number of carboxylic acid groups (broad SMARTS) is 1. The fourth-order valence-corrected chi connectivity index (χ4v) is 12.6. The van der Waals surface area contributed by atoms with Crippen LogP contribution in [0, 0.1) is 49.3 Å². The van der Waals surface area contributed by atoms with Gasteiger partial charge in [-0.2, -0.15) is 0 Å². The van der Waals surface area contributed by atoms with Gasteiger partial charge in [-0.05, 0) is 75.1 Å². The molecule has 10 atom stereocenters. The van der Waals surface area contributed by atoms with Crippen LogP contribution in [0.15, 0.2) is 64.6 Å². The third-order valence-electron chi connectivity index (χ3n) is 17.4. The predicted molar refractivity (Wildman–Crippen MR) is 294 cm³/mol. The molecule has 0 radical (unpaired) electrons. The molecule has 0 spiro atoms. The Balaban J connectivity index is 1.02. The zero-order valence-electron chi connectivity index (χ0n) is 47.3. The summed E-state index contributed by atoms with van der Waals surface area (Å²) in [5.74, 6) is -11.5. The maximum absolute atomic E-state index is 16.2. The number of allylic oxidation sites excluding steroid dienone is 4. The average molecular weight is 1120 g/mol. The summed E-state index contributed by atoms with van der Waals surface area (Å²) in [6.07, 6.45) is 6.70. The molecule has 434 valence electrons. The van der Waals surface area contributed by atoms with Gasteiger partial charge in [-0.3, -0.25) is 38.1 Å². The zero-order chi connectivity index (χ0) is 58.8. The molecule has 1 unspecified atom stereocenters. The first-order valence-electron chi connectivity index (χ1n) is 27.7. The number of pyridine rings is 2. The standard InChI is InChI=1S/C60H72FN5O15/c1-28-12-11-13-29(2)57(74)62-45-48(64-21-19-63(20-22-64)25-36-16-18-65(26-36)47-31(4)46-38(37-14-15-37)24-39(59(76)77)58(75)66(46)27-40(47)61)53(72)42-43(52(45)71)51(70)34(7)55-44(42)56(73)60(9,81-55)79-23-17-41(78-10)30(3)54(80-35(8)67)33(6)50(69)32(5)49(28)68/h11-13,17,23-24,27-28,30,32-33,36-37,41,49-50,54,68-70H,14-16,18-22,25-26H2,1-10H3,(H,62,74)(H,76,77)/b12-11+,23-17+,29-13-/t28-,30+,32+,33+,36?,41-,49-,50+,54+,60-/m0/s1. The summed E-state index contributed by atoms with van der Waals surface area (Å²) in [4.78, 5) is 103. The number of aromatic hydroxyl groups is 1. The molecule has 5 N–H and O–H groups in total. The van der Waals surface area contributed by atoms with Crippen molar-refractivity contribution < 1.29 is 72.5 Å². The lowest BCUT2D eigenvalue weighted by Crippen LogP contribution is -2.50. The highest BCUT2D eigenvalue weighted by Gasteiger charge is 2.53. The van der Waals surface area contributed by atoms with E-state index >= 15 is 14.0 Å². The van der Waals surface area contributed by atoms with Crippen LogP contribution >= 0.6 is 0 Å². The Hall–Kier alpha value is -7.20. The number of aliphatic hydroxyl groups is 2. The molecular weight excluding hydrogens is 1050 g/mol. The molecule has 3 aromatic rings. The van der Waals surface area contributed by atoms with Crippen molar-refractivity contribution in [3.8, 4) is 11.5 Å². The van der Waals surface area contributed by atoms with Gasteiger partial charge >= 0.3 is 17.7 Å². The van der Waals surface area contributed by atoms with Crippen LogP contribution in [0.1, 0.15) is 132 Å². The molecule has 2 aromatic heterocycles. The molecule has 10 rings (SSSR count). The highest BCUT2D eigenvalue weighted by Crippen LogP contribution is 2.50. The fourth-order valence-electron chi connectivity index (χ4n) is 12.6. The number of methoxy groups -OCH3 is 1. The first-order valence-corrected chi connectivity index (χ1v) is 27.7. The van der Waals surface area contributed by atoms with E-state index < -0.39 is 129 Å². The number of aryl methyl sites for hydroxylation is 1. The van der Waals surface area contributed by atoms with Gasteiger partial charge in [-0.1, -0.05) is 45.9 Å². The minimum atomic E-state index is -2.15. The zero-order valence-corrected chi connectivity index (χ0v) is 47.3. The van der Waals surface area contributed by atoms with Crippen molar-refractivity contribution in [1.82, 2.24) is 19.5 Å². The molecule has 81 heavy (non-hydrogen) atoms. The molecule has 5 aliphatic heterocycles. The number of esters is 1. The Labute approximate surface area is 468 Å². The quantitative estimate of drug-likeness (QED) is 0.168. The van der Waals surface area contributed by atoms with Crippen molar-refractivity contribution in [1.29, 1.82) is 0 Å². The number of aromatic carboxylic acids is 1. The summed E-state index contributed by atoms with van der Waals surface area (Å²) in [5.41, 5.74) is -0.762. The second-order valence-corrected chi connectivity index (χ2v) is 23.0. The Bertz CT molecular complexity index is 3320. The Morgan fingerprint density at radius 3 is 2.20 bits per heavy atom. The summed E-state index contributed by atoms with van der Waals surface area (Å²) >= 11 is 0. The van der Waals surface area contributed by atoms with Gasteiger partial charge in [-0.15, -0.1) is 0 Å². The number of ketones is 3. The first-order chi connectivity index (χ1) is 38.3. The lowest BCUT2D eigenvalue weighted by Gasteiger charge is -2.39. The number of carbonyl (C=O) groups excluding carboxylic acids is 5. The molecule has 5 bridgehead atoms. The molecule has 1 aromatic carbocycles. The highest BCUT2D eigenvalue weighted by molar-refractivity contribution is 6.32. The molecule has 7 aliphatic rings. The third kappa shape index (κ3) is 10.7. The average Bonchev–Trinajstić information content (AvgIpc) is 2.63. The van der Waals surface area contributed by atoms with Gasteiger partial charge in [0.15, 0.2) is 5.82 Å². The lowest BCUT2D eigenvalue weighted by atomic mass is 9.78. The van der Waals surface area contributed by atoms with Crippen molar-refractivity contribution in [2.75, 3.05) is 57.8 Å². The number of fused-ring (bicyclic) bond motifs is 15. The number of benzene rings is 1. The van der Waals surface area contributed by atoms with E-state index in [1.807, 2.05) is 4.90 Å². The molecule has 2 aliphatic carbocycles. The number of aliphatic hydroxyl groups excluding tert-OH is 2. The first kappa shape index (κ1) is 58.5. The monoisotopic (exact) mass is 1120 g/mol. The molecule has 3 fully saturated rings. The van der Waals surface area contributed by atoms with E-state index in [0.29, 0.717) is 55.9 Å². The van der Waals surface area contributed by atoms with Gasteiger partial charge in [-0.25, -0.2) is 9.18 Å². The molecule has 1 amide bonds. The summed E-state index contributed by atoms with van der Waals surface area (Å²) in [6.45, 7) is 16.8. The fraction of sp³-hybridized carbons (Fsp3) is 0.517. The van der Waals surface area contributed by atoms with Crippen LogP contribution in [0.4, 0.5) is 10.1 Å². The number of carboxylic acids is 1. The normalized spacial score (nSPS) is 30.2. The molecular formula is C60H72FN5O15. The number of aromatic nitrogens is 1. The van der Waals surface area contributed by atoms with E-state index in [2.05, 4.69) is 10.2 Å². The maximum Gasteiger partial charge on any atom is 0.341 e. The van der Waals surface area contributed by atoms with Crippen molar-refractivity contribution >= 4 is 46.4 Å². The second kappa shape index (κ2) is 22.6. The van der Waals surface area contributed by atoms with Crippen molar-refractivity contribution in [2.45, 2.75) is 118 Å². The van der Waals surface area contributed by atoms with E-state index in [1.54, 1.807) is 51.7 Å². The molecule has 21 heteroatoms. The Kier molecular flexibility index (Phi) is 16.3. The van der Waals surface area contributed by atoms with Crippen LogP contribution in [0.3, 0.4) is 0 Å². The van der Waals surface area contributed by atoms with Crippen LogP contribution in [0.5, 0.6) is 11.5 Å². The van der Waals surface area contributed by atoms with Crippen molar-refractivity contribution in [2.24, 2.45) is 29.6 Å². The van der Waals surface area contributed by atoms with Crippen LogP contribution < -0.4 is 20.5 Å². The lowest BCUT2D eigenvalue weighted by molar-refractivity contribution is -0.160. The smallest absolute Gasteiger partial charge is 0.341 e. The van der Waals surface area contributed by atoms with E-state index in [-0.39, 0.29) is 53.1 Å². The Morgan fingerprint density at radius 2 is 1.56 bits per heavy atom. The van der Waals surface area contributed by atoms with Crippen LogP contribution in [0.25, 0.3) is 5.52 Å². The van der Waals surface area contributed by atoms with Gasteiger partial charge in [0.1, 0.15) is 34.6 Å². The number of phenols is 1. The minimum Gasteiger partial charge on any atom is -0.507 e. The summed E-state index contributed by atoms with van der Waals surface area (Å²) in [6, 6.07) is 1.44. The van der Waals surface area contributed by atoms with E-state index in [9.17, 15) is 44.4 Å². The largest absolute Gasteiger partial charge is 0.507 e. The van der Waals surface area contributed by atoms with Crippen LogP contribution in [0.2, 0.25) is 0 Å². The predicted octanol–water partition coefficient (Wildman–Crippen LogP) is 5.74. The SMILES string of the molecule is CO[C@H]1/C=C/O[C@@]2(C)Oc3c(C)c(O)c4c(c3C2=O)C(=O)C(N2CCN(CC3CCN(c5c(F)cn6c(=O)c(C(=O)O)cc(C7CC7)c6c5C)C3)CC2)=C(NC(=O)/C(C)=C\C=C\[C@H](C)[C@H](O)[C@@H](C)[C@@H](O)[C@@H](C)[C@H](OC(C)=O)[C@@H]1C)C4=O. The van der Waals surface area contributed by atoms with E-state index in [4.69, 9.17) is 18.9 Å². The topological polar surface area (TPSA) is 263 Å². The van der Waals surface area contributed by atoms with Gasteiger partial charge in [0.2, 0.25) is 11.6 Å². The van der Waals surface area contributed by atoms with Gasteiger partial charge in [0, 0.05) is 102 Å². The van der Waals surface area contributed by atoms with Crippen molar-refractivity contribution in [3.63, 3.8) is 0 Å². The van der Waals surface area contributed by atoms with Gasteiger partial charge < -0.3 is 54.5 Å². The number of carbonyl (C=O) groups is 6. The van der Waals surface area contributed by atoms with Crippen molar-refractivity contribution in [3.05, 3.63) is 115 Å². The summed E-state index contributed by atoms with van der Waals surface area (Å²) < 4.78 is 41.1. The second-order valence-electron chi connectivity index (χ2n) is 23.0. The molecule has 2 saturated heterocycles. The maximum atomic E-state index is 16.2. The summed E-state index contributed by atoms with van der Waals surface area (Å²) in [7, 11) is 1.42. The number of piperazine rings is 1. The number of ether oxygens (including phenoxy) is 4. The number of hydrogen-bond donors (Lipinski definition) is 5. The third-order valence-corrected chi connectivity index (χ3v) is 17.4. The van der Waals surface area contributed by atoms with E-state index in [1.165, 1.54) is 59.3 Å². The number of halogens is 1. The minimum absolute atomic E-state index is 0.0356.